The lowest BCUT2D eigenvalue weighted by Gasteiger charge is -2.28. The molecular formula is C27H29ClN2O4. The smallest absolute Gasteiger partial charge is 0.329 e. The van der Waals surface area contributed by atoms with Gasteiger partial charge in [-0.1, -0.05) is 53.6 Å². The molecule has 0 atom stereocenters. The fourth-order valence-electron chi connectivity index (χ4n) is 4.56. The van der Waals surface area contributed by atoms with Crippen LogP contribution in [0.5, 0.6) is 0 Å². The third kappa shape index (κ3) is 6.13. The molecule has 1 heterocycles. The van der Waals surface area contributed by atoms with Gasteiger partial charge < -0.3 is 9.84 Å². The number of aliphatic carboxylic acids is 1. The highest BCUT2D eigenvalue weighted by atomic mass is 35.5. The molecule has 34 heavy (non-hydrogen) atoms. The summed E-state index contributed by atoms with van der Waals surface area (Å²) in [5.74, 6) is -0.220. The Balaban J connectivity index is 1.56. The van der Waals surface area contributed by atoms with E-state index in [0.717, 1.165) is 53.6 Å². The van der Waals surface area contributed by atoms with Crippen molar-refractivity contribution in [3.8, 4) is 22.4 Å². The second-order valence-electron chi connectivity index (χ2n) is 9.10. The van der Waals surface area contributed by atoms with Crippen LogP contribution in [0.2, 0.25) is 5.02 Å². The molecule has 0 unspecified atom stereocenters. The number of ether oxygens (including phenoxy) is 1. The Morgan fingerprint density at radius 3 is 2.44 bits per heavy atom. The summed E-state index contributed by atoms with van der Waals surface area (Å²) in [6.07, 6.45) is 3.85. The lowest BCUT2D eigenvalue weighted by atomic mass is 9.82. The van der Waals surface area contributed by atoms with Crippen molar-refractivity contribution < 1.29 is 14.6 Å². The van der Waals surface area contributed by atoms with E-state index in [2.05, 4.69) is 0 Å². The molecule has 1 saturated carbocycles. The van der Waals surface area contributed by atoms with Crippen molar-refractivity contribution in [1.82, 2.24) is 9.78 Å². The predicted octanol–water partition coefficient (Wildman–Crippen LogP) is 5.45. The maximum absolute atomic E-state index is 13.1. The highest BCUT2D eigenvalue weighted by Gasteiger charge is 2.23. The molecule has 1 aromatic heterocycles. The maximum Gasteiger partial charge on any atom is 0.329 e. The fourth-order valence-corrected chi connectivity index (χ4v) is 4.75. The molecule has 0 aliphatic heterocycles. The van der Waals surface area contributed by atoms with E-state index < -0.39 is 5.97 Å². The van der Waals surface area contributed by atoms with Crippen LogP contribution in [0.15, 0.2) is 59.4 Å². The van der Waals surface area contributed by atoms with Gasteiger partial charge in [0.2, 0.25) is 0 Å². The molecular weight excluding hydrogens is 452 g/mol. The summed E-state index contributed by atoms with van der Waals surface area (Å²) in [5.41, 5.74) is 4.38. The van der Waals surface area contributed by atoms with Crippen LogP contribution in [0, 0.1) is 18.8 Å². The summed E-state index contributed by atoms with van der Waals surface area (Å²) in [7, 11) is 0. The quantitative estimate of drug-likeness (QED) is 0.463. The first-order valence-electron chi connectivity index (χ1n) is 11.6. The number of nitrogens with zero attached hydrogens (tertiary/aromatic N) is 2. The van der Waals surface area contributed by atoms with Crippen molar-refractivity contribution in [3.63, 3.8) is 0 Å². The summed E-state index contributed by atoms with van der Waals surface area (Å²) in [5, 5.41) is 14.2. The van der Waals surface area contributed by atoms with Crippen LogP contribution in [-0.2, 0) is 16.1 Å². The van der Waals surface area contributed by atoms with Gasteiger partial charge in [0.15, 0.2) is 0 Å². The van der Waals surface area contributed by atoms with Gasteiger partial charge in [0.1, 0.15) is 6.61 Å². The normalized spacial score (nSPS) is 18.1. The molecule has 1 aliphatic carbocycles. The summed E-state index contributed by atoms with van der Waals surface area (Å²) in [6.45, 7) is 2.83. The molecule has 0 spiro atoms. The van der Waals surface area contributed by atoms with Crippen molar-refractivity contribution in [2.45, 2.75) is 39.2 Å². The van der Waals surface area contributed by atoms with E-state index in [1.165, 1.54) is 0 Å². The van der Waals surface area contributed by atoms with Crippen LogP contribution in [0.25, 0.3) is 22.4 Å². The SMILES string of the molecule is Cc1ccc(-c2nn(C[C@H]3CC[C@H](COCC(=O)O)CC3)c(=O)cc2-c2cccc(Cl)c2)cc1. The zero-order chi connectivity index (χ0) is 24.1. The van der Waals surface area contributed by atoms with E-state index >= 15 is 0 Å². The Labute approximate surface area is 204 Å². The monoisotopic (exact) mass is 480 g/mol. The van der Waals surface area contributed by atoms with Crippen LogP contribution in [-0.4, -0.2) is 34.1 Å². The van der Waals surface area contributed by atoms with Crippen LogP contribution in [0.1, 0.15) is 31.2 Å². The summed E-state index contributed by atoms with van der Waals surface area (Å²) in [6, 6.07) is 17.3. The number of aryl methyl sites for hydroxylation is 1. The fraction of sp³-hybridized carbons (Fsp3) is 0.370. The van der Waals surface area contributed by atoms with Crippen molar-refractivity contribution in [1.29, 1.82) is 0 Å². The number of hydrogen-bond acceptors (Lipinski definition) is 4. The molecule has 7 heteroatoms. The summed E-state index contributed by atoms with van der Waals surface area (Å²) in [4.78, 5) is 23.7. The number of hydrogen-bond donors (Lipinski definition) is 1. The molecule has 0 saturated heterocycles. The Kier molecular flexibility index (Phi) is 7.80. The van der Waals surface area contributed by atoms with Gasteiger partial charge in [0, 0.05) is 28.8 Å². The van der Waals surface area contributed by atoms with Crippen molar-refractivity contribution in [2.24, 2.45) is 11.8 Å². The van der Waals surface area contributed by atoms with Crippen LogP contribution < -0.4 is 5.56 Å². The molecule has 0 radical (unpaired) electrons. The Morgan fingerprint density at radius 1 is 1.06 bits per heavy atom. The van der Waals surface area contributed by atoms with Gasteiger partial charge in [0.25, 0.3) is 5.56 Å². The second kappa shape index (κ2) is 11.0. The third-order valence-electron chi connectivity index (χ3n) is 6.44. The van der Waals surface area contributed by atoms with Gasteiger partial charge in [-0.25, -0.2) is 9.48 Å². The first-order chi connectivity index (χ1) is 16.4. The number of rotatable bonds is 8. The van der Waals surface area contributed by atoms with E-state index in [-0.39, 0.29) is 12.2 Å². The van der Waals surface area contributed by atoms with Crippen LogP contribution in [0.3, 0.4) is 0 Å². The third-order valence-corrected chi connectivity index (χ3v) is 6.67. The number of carbonyl (C=O) groups is 1. The topological polar surface area (TPSA) is 81.4 Å². The van der Waals surface area contributed by atoms with E-state index in [1.54, 1.807) is 10.7 Å². The minimum atomic E-state index is -0.940. The minimum Gasteiger partial charge on any atom is -0.480 e. The number of carboxylic acids is 1. The highest BCUT2D eigenvalue weighted by Crippen LogP contribution is 2.32. The van der Waals surface area contributed by atoms with Crippen molar-refractivity contribution in [2.75, 3.05) is 13.2 Å². The predicted molar refractivity (Wildman–Crippen MR) is 133 cm³/mol. The number of halogens is 1. The zero-order valence-electron chi connectivity index (χ0n) is 19.2. The Hall–Kier alpha value is -2.96. The molecule has 2 aromatic carbocycles. The van der Waals surface area contributed by atoms with Crippen molar-refractivity contribution in [3.05, 3.63) is 75.5 Å². The van der Waals surface area contributed by atoms with Gasteiger partial charge in [-0.3, -0.25) is 4.79 Å². The van der Waals surface area contributed by atoms with Crippen LogP contribution >= 0.6 is 11.6 Å². The molecule has 0 bridgehead atoms. The second-order valence-corrected chi connectivity index (χ2v) is 9.54. The number of carboxylic acid groups (broad SMARTS) is 1. The molecule has 1 fully saturated rings. The summed E-state index contributed by atoms with van der Waals surface area (Å²) < 4.78 is 6.86. The van der Waals surface area contributed by atoms with Crippen LogP contribution in [0.4, 0.5) is 0 Å². The first-order valence-corrected chi connectivity index (χ1v) is 12.0. The lowest BCUT2D eigenvalue weighted by Crippen LogP contribution is -2.29. The van der Waals surface area contributed by atoms with Gasteiger partial charge in [-0.2, -0.15) is 5.10 Å². The van der Waals surface area contributed by atoms with Gasteiger partial charge in [-0.05, 0) is 62.1 Å². The molecule has 1 aliphatic rings. The Bertz CT molecular complexity index is 1200. The molecule has 178 valence electrons. The average molecular weight is 481 g/mol. The number of benzene rings is 2. The largest absolute Gasteiger partial charge is 0.480 e. The van der Waals surface area contributed by atoms with Crippen molar-refractivity contribution >= 4 is 17.6 Å². The Morgan fingerprint density at radius 2 is 1.76 bits per heavy atom. The van der Waals surface area contributed by atoms with Gasteiger partial charge in [-0.15, -0.1) is 0 Å². The average Bonchev–Trinajstić information content (AvgIpc) is 2.81. The first kappa shape index (κ1) is 24.2. The lowest BCUT2D eigenvalue weighted by molar-refractivity contribution is -0.142. The highest BCUT2D eigenvalue weighted by molar-refractivity contribution is 6.30. The van der Waals surface area contributed by atoms with E-state index in [1.807, 2.05) is 55.5 Å². The maximum atomic E-state index is 13.1. The van der Waals surface area contributed by atoms with Gasteiger partial charge >= 0.3 is 5.97 Å². The summed E-state index contributed by atoms with van der Waals surface area (Å²) >= 11 is 6.23. The molecule has 6 nitrogen and oxygen atoms in total. The minimum absolute atomic E-state index is 0.127. The number of aromatic nitrogens is 2. The zero-order valence-corrected chi connectivity index (χ0v) is 20.0. The van der Waals surface area contributed by atoms with Gasteiger partial charge in [0.05, 0.1) is 12.3 Å². The molecule has 0 amide bonds. The van der Waals surface area contributed by atoms with E-state index in [0.29, 0.717) is 30.0 Å². The molecule has 1 N–H and O–H groups in total. The molecule has 3 aromatic rings. The standard InChI is InChI=1S/C27H29ClN2O4/c1-18-5-11-21(12-6-18)27-24(22-3-2-4-23(28)13-22)14-25(31)30(29-27)15-19-7-9-20(10-8-19)16-34-17-26(32)33/h2-6,11-14,19-20H,7-10,15-17H2,1H3,(H,32,33)/t19-,20-. The van der Waals surface area contributed by atoms with E-state index in [4.69, 9.17) is 26.5 Å². The van der Waals surface area contributed by atoms with E-state index in [9.17, 15) is 9.59 Å². The molecule has 4 rings (SSSR count).